The van der Waals surface area contributed by atoms with Crippen LogP contribution in [0.25, 0.3) is 0 Å². The van der Waals surface area contributed by atoms with Crippen molar-refractivity contribution < 1.29 is 0 Å². The third-order valence-electron chi connectivity index (χ3n) is 4.79. The van der Waals surface area contributed by atoms with E-state index in [1.54, 1.807) is 0 Å². The molecule has 0 amide bonds. The van der Waals surface area contributed by atoms with E-state index < -0.39 is 0 Å². The predicted octanol–water partition coefficient (Wildman–Crippen LogP) is 7.10. The highest BCUT2D eigenvalue weighted by Gasteiger charge is 2.09. The summed E-state index contributed by atoms with van der Waals surface area (Å²) in [6, 6.07) is 21.8. The lowest BCUT2D eigenvalue weighted by atomic mass is 9.89. The highest BCUT2D eigenvalue weighted by molar-refractivity contribution is 5.22. The Morgan fingerprint density at radius 2 is 1.48 bits per heavy atom. The van der Waals surface area contributed by atoms with Crippen LogP contribution >= 0.6 is 0 Å². The van der Waals surface area contributed by atoms with Gasteiger partial charge in [0.1, 0.15) is 0 Å². The molecule has 0 radical (unpaired) electrons. The summed E-state index contributed by atoms with van der Waals surface area (Å²) in [7, 11) is 0. The number of benzene rings is 2. The van der Waals surface area contributed by atoms with Crippen LogP contribution in [0.4, 0.5) is 0 Å². The van der Waals surface area contributed by atoms with Gasteiger partial charge < -0.3 is 0 Å². The lowest BCUT2D eigenvalue weighted by molar-refractivity contribution is 0.647. The van der Waals surface area contributed by atoms with Crippen LogP contribution in [0, 0.1) is 0 Å². The molecule has 2 aromatic rings. The molecule has 0 aliphatic carbocycles. The Kier molecular flexibility index (Phi) is 7.13. The summed E-state index contributed by atoms with van der Waals surface area (Å²) in [5.74, 6) is 1.29. The average Bonchev–Trinajstić information content (AvgIpc) is 2.61. The maximum Gasteiger partial charge on any atom is -0.0127 e. The van der Waals surface area contributed by atoms with E-state index in [1.165, 1.54) is 42.4 Å². The number of rotatable bonds is 8. The lowest BCUT2D eigenvalue weighted by Crippen LogP contribution is -1.98. The van der Waals surface area contributed by atoms with Crippen LogP contribution in [0.1, 0.15) is 69.4 Å². The molecule has 0 nitrogen and oxygen atoms in total. The fraction of sp³-hybridized carbons (Fsp3) is 0.391. The van der Waals surface area contributed by atoms with Crippen LogP contribution in [0.2, 0.25) is 0 Å². The molecular formula is C23H30. The molecule has 2 rings (SSSR count). The first-order valence-electron chi connectivity index (χ1n) is 8.96. The van der Waals surface area contributed by atoms with Crippen molar-refractivity contribution in [3.63, 3.8) is 0 Å². The van der Waals surface area contributed by atoms with Crippen LogP contribution < -0.4 is 0 Å². The number of allylic oxidation sites excluding steroid dienone is 2. The normalized spacial score (nSPS) is 14.5. The molecule has 0 saturated carbocycles. The van der Waals surface area contributed by atoms with Crippen LogP contribution in [0.15, 0.2) is 72.3 Å². The summed E-state index contributed by atoms with van der Waals surface area (Å²) in [5.41, 5.74) is 4.45. The standard InChI is InChI=1S/C23H30/c1-4-21(23-16-9-6-10-17-23)18-19(2)12-11-13-20(3)22-14-7-5-8-15-22/h5-10,12,14-17,20-21H,4,11,13,18H2,1-3H3/b19-12+. The van der Waals surface area contributed by atoms with Gasteiger partial charge in [-0.3, -0.25) is 0 Å². The van der Waals surface area contributed by atoms with Gasteiger partial charge in [0.05, 0.1) is 0 Å². The van der Waals surface area contributed by atoms with Gasteiger partial charge in [0.15, 0.2) is 0 Å². The number of hydrogen-bond acceptors (Lipinski definition) is 0. The average molecular weight is 306 g/mol. The fourth-order valence-electron chi connectivity index (χ4n) is 3.22. The molecule has 0 aliphatic rings. The van der Waals surface area contributed by atoms with E-state index in [4.69, 9.17) is 0 Å². The zero-order valence-electron chi connectivity index (χ0n) is 14.8. The van der Waals surface area contributed by atoms with E-state index in [9.17, 15) is 0 Å². The van der Waals surface area contributed by atoms with Gasteiger partial charge >= 0.3 is 0 Å². The molecule has 0 fully saturated rings. The monoisotopic (exact) mass is 306 g/mol. The summed E-state index contributed by atoms with van der Waals surface area (Å²) in [4.78, 5) is 0. The first-order valence-corrected chi connectivity index (χ1v) is 8.96. The van der Waals surface area contributed by atoms with Crippen molar-refractivity contribution in [3.8, 4) is 0 Å². The first kappa shape index (κ1) is 17.5. The lowest BCUT2D eigenvalue weighted by Gasteiger charge is -2.16. The Balaban J connectivity index is 1.85. The van der Waals surface area contributed by atoms with Crippen LogP contribution in [0.3, 0.4) is 0 Å². The van der Waals surface area contributed by atoms with E-state index in [1.807, 2.05) is 0 Å². The molecule has 2 unspecified atom stereocenters. The van der Waals surface area contributed by atoms with E-state index in [2.05, 4.69) is 87.5 Å². The Labute approximate surface area is 142 Å². The molecule has 0 aromatic heterocycles. The van der Waals surface area contributed by atoms with Crippen molar-refractivity contribution in [2.75, 3.05) is 0 Å². The van der Waals surface area contributed by atoms with Crippen molar-refractivity contribution in [2.45, 2.75) is 58.3 Å². The summed E-state index contributed by atoms with van der Waals surface area (Å²) in [5, 5.41) is 0. The minimum Gasteiger partial charge on any atom is -0.0856 e. The van der Waals surface area contributed by atoms with Gasteiger partial charge in [0.2, 0.25) is 0 Å². The second-order valence-electron chi connectivity index (χ2n) is 6.66. The molecule has 2 atom stereocenters. The van der Waals surface area contributed by atoms with Gasteiger partial charge in [0.25, 0.3) is 0 Å². The van der Waals surface area contributed by atoms with Gasteiger partial charge in [-0.1, -0.05) is 86.2 Å². The smallest absolute Gasteiger partial charge is 0.0127 e. The van der Waals surface area contributed by atoms with Crippen molar-refractivity contribution in [1.29, 1.82) is 0 Å². The summed E-state index contributed by atoms with van der Waals surface area (Å²) in [6.45, 7) is 6.92. The van der Waals surface area contributed by atoms with Gasteiger partial charge in [-0.05, 0) is 55.6 Å². The van der Waals surface area contributed by atoms with Crippen molar-refractivity contribution in [2.24, 2.45) is 0 Å². The van der Waals surface area contributed by atoms with Gasteiger partial charge in [-0.2, -0.15) is 0 Å². The maximum atomic E-state index is 2.45. The number of hydrogen-bond donors (Lipinski definition) is 0. The third kappa shape index (κ3) is 5.71. The third-order valence-corrected chi connectivity index (χ3v) is 4.79. The Morgan fingerprint density at radius 3 is 2.04 bits per heavy atom. The molecule has 0 bridgehead atoms. The molecule has 0 saturated heterocycles. The van der Waals surface area contributed by atoms with Crippen LogP contribution in [0.5, 0.6) is 0 Å². The SMILES string of the molecule is CCC(C/C(C)=C/CCC(C)c1ccccc1)c1ccccc1. The van der Waals surface area contributed by atoms with Crippen LogP contribution in [-0.4, -0.2) is 0 Å². The molecule has 0 spiro atoms. The highest BCUT2D eigenvalue weighted by atomic mass is 14.1. The fourth-order valence-corrected chi connectivity index (χ4v) is 3.22. The quantitative estimate of drug-likeness (QED) is 0.456. The van der Waals surface area contributed by atoms with E-state index in [-0.39, 0.29) is 0 Å². The van der Waals surface area contributed by atoms with E-state index in [0.717, 1.165) is 0 Å². The molecule has 0 N–H and O–H groups in total. The maximum absolute atomic E-state index is 2.45. The molecular weight excluding hydrogens is 276 g/mol. The van der Waals surface area contributed by atoms with Crippen molar-refractivity contribution >= 4 is 0 Å². The summed E-state index contributed by atoms with van der Waals surface area (Å²) in [6.07, 6.45) is 7.23. The van der Waals surface area contributed by atoms with Gasteiger partial charge in [0, 0.05) is 0 Å². The first-order chi connectivity index (χ1) is 11.2. The topological polar surface area (TPSA) is 0 Å². The minimum atomic E-state index is 0.636. The molecule has 0 heteroatoms. The zero-order valence-corrected chi connectivity index (χ0v) is 14.8. The molecule has 23 heavy (non-hydrogen) atoms. The zero-order chi connectivity index (χ0) is 16.5. The van der Waals surface area contributed by atoms with Crippen molar-refractivity contribution in [1.82, 2.24) is 0 Å². The Morgan fingerprint density at radius 1 is 0.913 bits per heavy atom. The molecule has 0 aliphatic heterocycles. The molecule has 122 valence electrons. The Hall–Kier alpha value is -1.82. The molecule has 0 heterocycles. The summed E-state index contributed by atoms with van der Waals surface area (Å²) >= 11 is 0. The second-order valence-corrected chi connectivity index (χ2v) is 6.66. The minimum absolute atomic E-state index is 0.636. The second kappa shape index (κ2) is 9.35. The van der Waals surface area contributed by atoms with Gasteiger partial charge in [-0.15, -0.1) is 0 Å². The van der Waals surface area contributed by atoms with Gasteiger partial charge in [-0.25, -0.2) is 0 Å². The van der Waals surface area contributed by atoms with Crippen molar-refractivity contribution in [3.05, 3.63) is 83.4 Å². The summed E-state index contributed by atoms with van der Waals surface area (Å²) < 4.78 is 0. The van der Waals surface area contributed by atoms with E-state index in [0.29, 0.717) is 11.8 Å². The van der Waals surface area contributed by atoms with Crippen LogP contribution in [-0.2, 0) is 0 Å². The largest absolute Gasteiger partial charge is 0.0856 e. The Bertz CT molecular complexity index is 580. The predicted molar refractivity (Wildman–Crippen MR) is 102 cm³/mol. The molecule has 2 aromatic carbocycles. The highest BCUT2D eigenvalue weighted by Crippen LogP contribution is 2.27. The van der Waals surface area contributed by atoms with E-state index >= 15 is 0 Å².